The summed E-state index contributed by atoms with van der Waals surface area (Å²) in [6.45, 7) is 0.306. The van der Waals surface area contributed by atoms with Crippen molar-refractivity contribution in [2.45, 2.75) is 56.7 Å². The van der Waals surface area contributed by atoms with Crippen LogP contribution >= 0.6 is 0 Å². The normalized spacial score (nSPS) is 18.8. The Hall–Kier alpha value is -2.69. The van der Waals surface area contributed by atoms with Crippen molar-refractivity contribution in [1.29, 1.82) is 0 Å². The topological polar surface area (TPSA) is 199 Å². The zero-order valence-corrected chi connectivity index (χ0v) is 14.3. The molecule has 26 heavy (non-hydrogen) atoms. The average molecular weight is 371 g/mol. The molecule has 1 fully saturated rings. The highest BCUT2D eigenvalue weighted by Gasteiger charge is 2.37. The second kappa shape index (κ2) is 9.70. The number of carbonyl (C=O) groups excluding carboxylic acids is 4. The molecule has 0 bridgehead atoms. The summed E-state index contributed by atoms with van der Waals surface area (Å²) in [6.07, 6.45) is 0.604. The molecule has 11 heteroatoms. The number of nitrogens with two attached hydrogens (primary N) is 3. The number of carboxylic acid groups (broad SMARTS) is 1. The lowest BCUT2D eigenvalue weighted by molar-refractivity contribution is -0.144. The van der Waals surface area contributed by atoms with Crippen LogP contribution in [0, 0.1) is 0 Å². The van der Waals surface area contributed by atoms with Crippen molar-refractivity contribution in [2.75, 3.05) is 6.54 Å². The molecule has 0 radical (unpaired) electrons. The first-order valence-electron chi connectivity index (χ1n) is 8.29. The maximum Gasteiger partial charge on any atom is 0.326 e. The summed E-state index contributed by atoms with van der Waals surface area (Å²) in [5.74, 6) is -3.68. The summed E-state index contributed by atoms with van der Waals surface area (Å²) in [4.78, 5) is 58.9. The fourth-order valence-electron chi connectivity index (χ4n) is 2.75. The quantitative estimate of drug-likeness (QED) is 0.277. The van der Waals surface area contributed by atoms with Crippen molar-refractivity contribution in [3.8, 4) is 0 Å². The van der Waals surface area contributed by atoms with Gasteiger partial charge in [-0.25, -0.2) is 4.79 Å². The van der Waals surface area contributed by atoms with E-state index in [1.807, 2.05) is 0 Å². The summed E-state index contributed by atoms with van der Waals surface area (Å²) < 4.78 is 0. The van der Waals surface area contributed by atoms with Gasteiger partial charge in [-0.05, 0) is 25.7 Å². The summed E-state index contributed by atoms with van der Waals surface area (Å²) in [5, 5.41) is 11.5. The van der Waals surface area contributed by atoms with Crippen LogP contribution < -0.4 is 22.5 Å². The van der Waals surface area contributed by atoms with E-state index >= 15 is 0 Å². The Balaban J connectivity index is 2.71. The number of hydrogen-bond acceptors (Lipinski definition) is 6. The lowest BCUT2D eigenvalue weighted by Gasteiger charge is -2.27. The van der Waals surface area contributed by atoms with Crippen molar-refractivity contribution < 1.29 is 29.1 Å². The van der Waals surface area contributed by atoms with Crippen LogP contribution in [0.15, 0.2) is 0 Å². The molecule has 1 saturated heterocycles. The van der Waals surface area contributed by atoms with Gasteiger partial charge in [-0.3, -0.25) is 19.2 Å². The van der Waals surface area contributed by atoms with Crippen LogP contribution in [0.5, 0.6) is 0 Å². The first kappa shape index (κ1) is 21.4. The minimum Gasteiger partial charge on any atom is -0.480 e. The molecule has 1 aliphatic heterocycles. The van der Waals surface area contributed by atoms with E-state index in [0.29, 0.717) is 19.4 Å². The van der Waals surface area contributed by atoms with E-state index < -0.39 is 47.7 Å². The van der Waals surface area contributed by atoms with E-state index in [4.69, 9.17) is 22.3 Å². The van der Waals surface area contributed by atoms with Crippen LogP contribution in [0.4, 0.5) is 0 Å². The first-order chi connectivity index (χ1) is 12.1. The highest BCUT2D eigenvalue weighted by molar-refractivity contribution is 5.92. The predicted octanol–water partition coefficient (Wildman–Crippen LogP) is -2.59. The summed E-state index contributed by atoms with van der Waals surface area (Å²) in [7, 11) is 0. The molecule has 3 atom stereocenters. The summed E-state index contributed by atoms with van der Waals surface area (Å²) in [6, 6.07) is -3.10. The third-order valence-electron chi connectivity index (χ3n) is 4.15. The van der Waals surface area contributed by atoms with Gasteiger partial charge in [-0.1, -0.05) is 0 Å². The second-order valence-corrected chi connectivity index (χ2v) is 6.21. The number of primary amides is 2. The number of hydrogen-bond donors (Lipinski definition) is 5. The Bertz CT molecular complexity index is 581. The van der Waals surface area contributed by atoms with E-state index in [9.17, 15) is 24.0 Å². The monoisotopic (exact) mass is 371 g/mol. The van der Waals surface area contributed by atoms with Gasteiger partial charge in [0.25, 0.3) is 0 Å². The van der Waals surface area contributed by atoms with Crippen LogP contribution in [0.2, 0.25) is 0 Å². The molecule has 0 aliphatic carbocycles. The molecular formula is C15H25N5O6. The van der Waals surface area contributed by atoms with Crippen molar-refractivity contribution in [3.05, 3.63) is 0 Å². The fourth-order valence-corrected chi connectivity index (χ4v) is 2.75. The molecule has 8 N–H and O–H groups in total. The van der Waals surface area contributed by atoms with Crippen LogP contribution in [-0.4, -0.2) is 64.3 Å². The number of rotatable bonds is 10. The highest BCUT2D eigenvalue weighted by Crippen LogP contribution is 2.19. The number of carbonyl (C=O) groups is 5. The lowest BCUT2D eigenvalue weighted by atomic mass is 10.1. The van der Waals surface area contributed by atoms with Crippen molar-refractivity contribution in [1.82, 2.24) is 10.2 Å². The molecule has 4 amide bonds. The van der Waals surface area contributed by atoms with Crippen LogP contribution in [0.1, 0.15) is 38.5 Å². The Morgan fingerprint density at radius 2 is 1.65 bits per heavy atom. The van der Waals surface area contributed by atoms with Crippen LogP contribution in [0.3, 0.4) is 0 Å². The van der Waals surface area contributed by atoms with Gasteiger partial charge in [0.15, 0.2) is 0 Å². The zero-order valence-electron chi connectivity index (χ0n) is 14.3. The molecule has 1 heterocycles. The molecule has 0 aromatic carbocycles. The molecule has 1 aliphatic rings. The Morgan fingerprint density at radius 1 is 1.08 bits per heavy atom. The number of aliphatic carboxylic acids is 1. The minimum absolute atomic E-state index is 0.0498. The fraction of sp³-hybridized carbons (Fsp3) is 0.667. The molecule has 0 unspecified atom stereocenters. The van der Waals surface area contributed by atoms with E-state index in [0.717, 1.165) is 0 Å². The highest BCUT2D eigenvalue weighted by atomic mass is 16.4. The molecule has 11 nitrogen and oxygen atoms in total. The van der Waals surface area contributed by atoms with Crippen LogP contribution in [0.25, 0.3) is 0 Å². The van der Waals surface area contributed by atoms with E-state index in [2.05, 4.69) is 5.32 Å². The zero-order chi connectivity index (χ0) is 19.9. The summed E-state index contributed by atoms with van der Waals surface area (Å²) >= 11 is 0. The van der Waals surface area contributed by atoms with E-state index in [1.54, 1.807) is 0 Å². The maximum absolute atomic E-state index is 12.4. The average Bonchev–Trinajstić information content (AvgIpc) is 3.04. The van der Waals surface area contributed by atoms with Gasteiger partial charge in [0.2, 0.25) is 23.6 Å². The van der Waals surface area contributed by atoms with Crippen molar-refractivity contribution >= 4 is 29.6 Å². The minimum atomic E-state index is -1.30. The Morgan fingerprint density at radius 3 is 2.19 bits per heavy atom. The Labute approximate surface area is 150 Å². The third kappa shape index (κ3) is 6.31. The molecule has 0 spiro atoms. The number of nitrogens with one attached hydrogen (secondary N) is 1. The summed E-state index contributed by atoms with van der Waals surface area (Å²) in [5.41, 5.74) is 15.8. The van der Waals surface area contributed by atoms with Gasteiger partial charge >= 0.3 is 5.97 Å². The van der Waals surface area contributed by atoms with Gasteiger partial charge in [0, 0.05) is 19.4 Å². The number of amides is 4. The first-order valence-corrected chi connectivity index (χ1v) is 8.29. The van der Waals surface area contributed by atoms with Crippen molar-refractivity contribution in [3.63, 3.8) is 0 Å². The number of carboxylic acids is 1. The molecule has 1 rings (SSSR count). The van der Waals surface area contributed by atoms with E-state index in [-0.39, 0.29) is 25.7 Å². The molecular weight excluding hydrogens is 346 g/mol. The third-order valence-corrected chi connectivity index (χ3v) is 4.15. The number of likely N-dealkylation sites (tertiary alicyclic amines) is 1. The molecule has 0 saturated carbocycles. The van der Waals surface area contributed by atoms with Crippen LogP contribution in [-0.2, 0) is 24.0 Å². The Kier molecular flexibility index (Phi) is 7.97. The smallest absolute Gasteiger partial charge is 0.326 e. The largest absolute Gasteiger partial charge is 0.480 e. The van der Waals surface area contributed by atoms with E-state index in [1.165, 1.54) is 4.90 Å². The molecule has 146 valence electrons. The standard InChI is InChI=1S/C15H25N5O6/c16-8(3-5-11(17)21)14(24)20-7-1-2-10(20)13(23)19-9(15(25)26)4-6-12(18)22/h8-10H,1-7,16H2,(H2,17,21)(H2,18,22)(H,19,23)(H,25,26)/t8-,9-,10-/m0/s1. The van der Waals surface area contributed by atoms with Gasteiger partial charge in [-0.2, -0.15) is 0 Å². The second-order valence-electron chi connectivity index (χ2n) is 6.21. The van der Waals surface area contributed by atoms with Gasteiger partial charge in [-0.15, -0.1) is 0 Å². The lowest BCUT2D eigenvalue weighted by Crippen LogP contribution is -2.54. The number of nitrogens with zero attached hydrogens (tertiary/aromatic N) is 1. The van der Waals surface area contributed by atoms with Gasteiger partial charge in [0.1, 0.15) is 12.1 Å². The predicted molar refractivity (Wildman–Crippen MR) is 89.1 cm³/mol. The molecule has 0 aromatic rings. The molecule has 0 aromatic heterocycles. The van der Waals surface area contributed by atoms with Gasteiger partial charge < -0.3 is 32.5 Å². The van der Waals surface area contributed by atoms with Crippen molar-refractivity contribution in [2.24, 2.45) is 17.2 Å². The maximum atomic E-state index is 12.4. The van der Waals surface area contributed by atoms with Gasteiger partial charge in [0.05, 0.1) is 6.04 Å². The SMILES string of the molecule is NC(=O)CC[C@H](NC(=O)[C@@H]1CCCN1C(=O)[C@@H](N)CCC(N)=O)C(=O)O.